The van der Waals surface area contributed by atoms with E-state index in [-0.39, 0.29) is 75.4 Å². The van der Waals surface area contributed by atoms with Crippen LogP contribution in [0.2, 0.25) is 0 Å². The summed E-state index contributed by atoms with van der Waals surface area (Å²) < 4.78 is 12.6. The molecule has 1 atom stereocenters. The highest BCUT2D eigenvalue weighted by atomic mass is 16.5. The number of ketones is 2. The largest absolute Gasteiger partial charge is 0.507 e. The number of aromatic hydroxyl groups is 3. The van der Waals surface area contributed by atoms with Crippen LogP contribution in [0.25, 0.3) is 6.08 Å². The SMILES string of the molecule is CC(=O)c1c(C)c(C)c(O)c(Cc2c(O)c3c(c4c2OC(c2ccccc2)CC4=O)OC(C)(C)C=C3)c1O. The molecule has 0 bridgehead atoms. The number of Topliss-reactive ketones (excluding diaryl/α,β-unsaturated/α-hetero) is 2. The maximum absolute atomic E-state index is 13.6. The van der Waals surface area contributed by atoms with Crippen molar-refractivity contribution in [3.05, 3.63) is 80.9 Å². The minimum atomic E-state index is -0.716. The number of fused-ring (bicyclic) bond motifs is 3. The van der Waals surface area contributed by atoms with E-state index >= 15 is 0 Å². The second-order valence-corrected chi connectivity index (χ2v) is 10.5. The van der Waals surface area contributed by atoms with Crippen molar-refractivity contribution in [2.24, 2.45) is 0 Å². The molecule has 5 rings (SSSR count). The minimum absolute atomic E-state index is 0.0645. The van der Waals surface area contributed by atoms with Gasteiger partial charge in [-0.25, -0.2) is 0 Å². The summed E-state index contributed by atoms with van der Waals surface area (Å²) in [6, 6.07) is 9.31. The second kappa shape index (κ2) is 8.94. The highest BCUT2D eigenvalue weighted by molar-refractivity contribution is 6.05. The maximum atomic E-state index is 13.6. The van der Waals surface area contributed by atoms with Crippen LogP contribution < -0.4 is 9.47 Å². The number of phenolic OH excluding ortho intramolecular Hbond substituents is 3. The predicted octanol–water partition coefficient (Wildman–Crippen LogP) is 6.10. The Morgan fingerprint density at radius 3 is 2.32 bits per heavy atom. The van der Waals surface area contributed by atoms with Gasteiger partial charge in [0.2, 0.25) is 0 Å². The smallest absolute Gasteiger partial charge is 0.174 e. The van der Waals surface area contributed by atoms with Crippen LogP contribution in [0.5, 0.6) is 28.7 Å². The molecule has 2 aliphatic heterocycles. The van der Waals surface area contributed by atoms with Crippen molar-refractivity contribution in [1.29, 1.82) is 0 Å². The van der Waals surface area contributed by atoms with Crippen LogP contribution in [0.15, 0.2) is 36.4 Å². The molecular weight excluding hydrogens is 484 g/mol. The van der Waals surface area contributed by atoms with Crippen LogP contribution in [-0.4, -0.2) is 32.5 Å². The predicted molar refractivity (Wildman–Crippen MR) is 143 cm³/mol. The van der Waals surface area contributed by atoms with E-state index in [0.29, 0.717) is 16.7 Å². The van der Waals surface area contributed by atoms with Gasteiger partial charge in [-0.1, -0.05) is 30.3 Å². The van der Waals surface area contributed by atoms with Gasteiger partial charge in [0, 0.05) is 17.5 Å². The van der Waals surface area contributed by atoms with Gasteiger partial charge < -0.3 is 24.8 Å². The number of phenols is 3. The lowest BCUT2D eigenvalue weighted by Gasteiger charge is -2.35. The molecular formula is C31H30O7. The standard InChI is InChI=1S/C31H30O7/c1-15-16(2)26(34)20(28(36)24(15)17(3)32)13-21-27(35)19-11-12-31(4,5)38-30(19)25-22(33)14-23(37-29(21)25)18-9-7-6-8-10-18/h6-12,23,34-36H,13-14H2,1-5H3. The van der Waals surface area contributed by atoms with Crippen molar-refractivity contribution in [2.45, 2.75) is 59.2 Å². The summed E-state index contributed by atoms with van der Waals surface area (Å²) in [4.78, 5) is 26.0. The van der Waals surface area contributed by atoms with Crippen LogP contribution in [0.1, 0.15) is 87.4 Å². The lowest BCUT2D eigenvalue weighted by Crippen LogP contribution is -2.30. The Balaban J connectivity index is 1.76. The van der Waals surface area contributed by atoms with Crippen LogP contribution in [0.3, 0.4) is 0 Å². The van der Waals surface area contributed by atoms with Gasteiger partial charge in [0.15, 0.2) is 11.6 Å². The Bertz CT molecular complexity index is 1530. The van der Waals surface area contributed by atoms with Crippen molar-refractivity contribution in [1.82, 2.24) is 0 Å². The molecule has 38 heavy (non-hydrogen) atoms. The number of hydrogen-bond acceptors (Lipinski definition) is 7. The molecule has 0 aliphatic carbocycles. The van der Waals surface area contributed by atoms with E-state index in [2.05, 4.69) is 0 Å². The summed E-state index contributed by atoms with van der Waals surface area (Å²) in [7, 11) is 0. The third kappa shape index (κ3) is 3.99. The molecule has 0 fully saturated rings. The molecule has 3 aromatic carbocycles. The van der Waals surface area contributed by atoms with E-state index in [0.717, 1.165) is 5.56 Å². The number of hydrogen-bond donors (Lipinski definition) is 3. The Morgan fingerprint density at radius 1 is 0.974 bits per heavy atom. The highest BCUT2D eigenvalue weighted by Gasteiger charge is 2.39. The molecule has 7 nitrogen and oxygen atoms in total. The summed E-state index contributed by atoms with van der Waals surface area (Å²) >= 11 is 0. The van der Waals surface area contributed by atoms with Crippen molar-refractivity contribution >= 4 is 17.6 Å². The number of carbonyl (C=O) groups excluding carboxylic acids is 2. The third-order valence-corrected chi connectivity index (χ3v) is 7.42. The number of benzene rings is 3. The zero-order valence-corrected chi connectivity index (χ0v) is 22.0. The first-order chi connectivity index (χ1) is 17.9. The van der Waals surface area contributed by atoms with Crippen molar-refractivity contribution < 1.29 is 34.4 Å². The summed E-state index contributed by atoms with van der Waals surface area (Å²) in [5.41, 5.74) is 1.91. The molecule has 196 valence electrons. The van der Waals surface area contributed by atoms with Gasteiger partial charge >= 0.3 is 0 Å². The van der Waals surface area contributed by atoms with E-state index < -0.39 is 11.7 Å². The first-order valence-electron chi connectivity index (χ1n) is 12.5. The Kier molecular flexibility index (Phi) is 5.97. The van der Waals surface area contributed by atoms with Gasteiger partial charge in [0.1, 0.15) is 46.0 Å². The van der Waals surface area contributed by atoms with Gasteiger partial charge in [0.25, 0.3) is 0 Å². The molecule has 3 aromatic rings. The number of carbonyl (C=O) groups is 2. The second-order valence-electron chi connectivity index (χ2n) is 10.5. The summed E-state index contributed by atoms with van der Waals surface area (Å²) in [5.74, 6) is -0.920. The fourth-order valence-corrected chi connectivity index (χ4v) is 5.27. The molecule has 0 radical (unpaired) electrons. The first-order valence-corrected chi connectivity index (χ1v) is 12.5. The molecule has 1 unspecified atom stereocenters. The van der Waals surface area contributed by atoms with Crippen molar-refractivity contribution in [3.63, 3.8) is 0 Å². The summed E-state index contributed by atoms with van der Waals surface area (Å²) in [6.45, 7) is 8.35. The zero-order valence-electron chi connectivity index (χ0n) is 22.0. The fourth-order valence-electron chi connectivity index (χ4n) is 5.27. The maximum Gasteiger partial charge on any atom is 0.174 e. The van der Waals surface area contributed by atoms with Crippen molar-refractivity contribution in [2.75, 3.05) is 0 Å². The first kappa shape index (κ1) is 25.4. The lowest BCUT2D eigenvalue weighted by atomic mass is 9.86. The van der Waals surface area contributed by atoms with Gasteiger partial charge in [-0.05, 0) is 63.5 Å². The van der Waals surface area contributed by atoms with Crippen LogP contribution >= 0.6 is 0 Å². The highest BCUT2D eigenvalue weighted by Crippen LogP contribution is 2.53. The average molecular weight is 515 g/mol. The van der Waals surface area contributed by atoms with E-state index in [9.17, 15) is 24.9 Å². The van der Waals surface area contributed by atoms with Gasteiger partial charge in [-0.15, -0.1) is 0 Å². The van der Waals surface area contributed by atoms with Crippen LogP contribution in [0, 0.1) is 13.8 Å². The number of rotatable bonds is 4. The Morgan fingerprint density at radius 2 is 1.66 bits per heavy atom. The van der Waals surface area contributed by atoms with Crippen LogP contribution in [0.4, 0.5) is 0 Å². The molecule has 0 saturated carbocycles. The van der Waals surface area contributed by atoms with E-state index in [1.165, 1.54) is 6.92 Å². The molecule has 2 aliphatic rings. The van der Waals surface area contributed by atoms with E-state index in [1.54, 1.807) is 26.0 Å². The molecule has 0 saturated heterocycles. The Hall–Kier alpha value is -4.26. The average Bonchev–Trinajstić information content (AvgIpc) is 2.86. The Labute approximate surface area is 221 Å². The summed E-state index contributed by atoms with van der Waals surface area (Å²) in [5, 5.41) is 33.6. The minimum Gasteiger partial charge on any atom is -0.507 e. The van der Waals surface area contributed by atoms with Gasteiger partial charge in [-0.2, -0.15) is 0 Å². The molecule has 7 heteroatoms. The lowest BCUT2D eigenvalue weighted by molar-refractivity contribution is 0.0825. The van der Waals surface area contributed by atoms with E-state index in [4.69, 9.17) is 9.47 Å². The molecule has 2 heterocycles. The zero-order chi connectivity index (χ0) is 27.5. The third-order valence-electron chi connectivity index (χ3n) is 7.42. The fraction of sp³-hybridized carbons (Fsp3) is 0.290. The molecule has 0 aromatic heterocycles. The van der Waals surface area contributed by atoms with Crippen LogP contribution in [-0.2, 0) is 6.42 Å². The van der Waals surface area contributed by atoms with Crippen molar-refractivity contribution in [3.8, 4) is 28.7 Å². The summed E-state index contributed by atoms with van der Waals surface area (Å²) in [6.07, 6.45) is 2.78. The quantitative estimate of drug-likeness (QED) is 0.360. The normalized spacial score (nSPS) is 17.3. The monoisotopic (exact) mass is 514 g/mol. The van der Waals surface area contributed by atoms with E-state index in [1.807, 2.05) is 44.2 Å². The van der Waals surface area contributed by atoms with Gasteiger partial charge in [0.05, 0.1) is 17.5 Å². The van der Waals surface area contributed by atoms with Gasteiger partial charge in [-0.3, -0.25) is 9.59 Å². The molecule has 0 amide bonds. The topological polar surface area (TPSA) is 113 Å². The molecule has 3 N–H and O–H groups in total. The number of ether oxygens (including phenoxy) is 2. The molecule has 0 spiro atoms.